The number of rotatable bonds is 2. The first-order valence-corrected chi connectivity index (χ1v) is 2.85. The second-order valence-corrected chi connectivity index (χ2v) is 1.72. The minimum absolute atomic E-state index is 0.299. The third-order valence-corrected chi connectivity index (χ3v) is 0.832. The minimum atomic E-state index is -0.376. The predicted octanol–water partition coefficient (Wildman–Crippen LogP) is 3.12. The monoisotopic (exact) mass is 132 g/mol. The molecule has 0 aromatic carbocycles. The molecule has 0 spiro atoms. The van der Waals surface area contributed by atoms with E-state index in [4.69, 9.17) is 0 Å². The van der Waals surface area contributed by atoms with Crippen LogP contribution in [0.2, 0.25) is 0 Å². The molecule has 2 heteroatoms. The standard InChI is InChI=1S/C7H10F2/c1-3-7(9)5-4-6(2)8/h4-5H,3H2,1-2H3. The molecule has 0 fully saturated rings. The van der Waals surface area contributed by atoms with E-state index in [1.54, 1.807) is 6.92 Å². The molecule has 0 amide bonds. The lowest BCUT2D eigenvalue weighted by Gasteiger charge is -1.83. The lowest BCUT2D eigenvalue weighted by Crippen LogP contribution is -1.65. The molecular formula is C7H10F2. The Morgan fingerprint density at radius 2 is 1.89 bits per heavy atom. The van der Waals surface area contributed by atoms with Gasteiger partial charge in [-0.25, -0.2) is 8.78 Å². The van der Waals surface area contributed by atoms with E-state index in [0.717, 1.165) is 12.2 Å². The molecule has 52 valence electrons. The van der Waals surface area contributed by atoms with Crippen molar-refractivity contribution in [2.45, 2.75) is 20.3 Å². The fourth-order valence-corrected chi connectivity index (χ4v) is 0.323. The number of allylic oxidation sites excluding steroid dienone is 4. The highest BCUT2D eigenvalue weighted by molar-refractivity contribution is 5.08. The van der Waals surface area contributed by atoms with Crippen molar-refractivity contribution < 1.29 is 8.78 Å². The van der Waals surface area contributed by atoms with E-state index in [0.29, 0.717) is 6.42 Å². The average Bonchev–Trinajstić information content (AvgIpc) is 1.83. The lowest BCUT2D eigenvalue weighted by atomic mass is 10.3. The highest BCUT2D eigenvalue weighted by atomic mass is 19.1. The Labute approximate surface area is 53.9 Å². The topological polar surface area (TPSA) is 0 Å². The second kappa shape index (κ2) is 4.24. The molecule has 0 rings (SSSR count). The molecule has 0 aliphatic rings. The smallest absolute Gasteiger partial charge is 0.0997 e. The Bertz CT molecular complexity index is 130. The van der Waals surface area contributed by atoms with E-state index in [2.05, 4.69) is 0 Å². The van der Waals surface area contributed by atoms with Crippen molar-refractivity contribution in [3.63, 3.8) is 0 Å². The van der Waals surface area contributed by atoms with Crippen molar-refractivity contribution >= 4 is 0 Å². The van der Waals surface area contributed by atoms with Gasteiger partial charge in [0.2, 0.25) is 0 Å². The maximum atomic E-state index is 12.1. The Balaban J connectivity index is 3.83. The van der Waals surface area contributed by atoms with Gasteiger partial charge in [0.15, 0.2) is 0 Å². The third kappa shape index (κ3) is 5.21. The molecule has 0 atom stereocenters. The van der Waals surface area contributed by atoms with Gasteiger partial charge in [0.25, 0.3) is 0 Å². The van der Waals surface area contributed by atoms with Crippen LogP contribution in [-0.2, 0) is 0 Å². The fourth-order valence-electron chi connectivity index (χ4n) is 0.323. The van der Waals surface area contributed by atoms with Gasteiger partial charge in [-0.2, -0.15) is 0 Å². The summed E-state index contributed by atoms with van der Waals surface area (Å²) in [5.74, 6) is -0.675. The van der Waals surface area contributed by atoms with Gasteiger partial charge in [0.05, 0.1) is 11.7 Å². The normalized spacial score (nSPS) is 14.2. The van der Waals surface area contributed by atoms with Crippen LogP contribution in [0.25, 0.3) is 0 Å². The molecular weight excluding hydrogens is 122 g/mol. The van der Waals surface area contributed by atoms with Crippen molar-refractivity contribution in [1.29, 1.82) is 0 Å². The van der Waals surface area contributed by atoms with Crippen LogP contribution in [0.1, 0.15) is 20.3 Å². The number of hydrogen-bond acceptors (Lipinski definition) is 0. The third-order valence-electron chi connectivity index (χ3n) is 0.832. The Morgan fingerprint density at radius 3 is 2.22 bits per heavy atom. The molecule has 0 N–H and O–H groups in total. The summed E-state index contributed by atoms with van der Waals surface area (Å²) in [7, 11) is 0. The summed E-state index contributed by atoms with van der Waals surface area (Å²) in [6.45, 7) is 2.95. The highest BCUT2D eigenvalue weighted by Crippen LogP contribution is 2.03. The molecule has 0 saturated carbocycles. The molecule has 0 unspecified atom stereocenters. The largest absolute Gasteiger partial charge is 0.212 e. The molecule has 0 saturated heterocycles. The summed E-state index contributed by atoms with van der Waals surface area (Å²) in [6.07, 6.45) is 2.57. The maximum absolute atomic E-state index is 12.1. The van der Waals surface area contributed by atoms with Gasteiger partial charge in [-0.1, -0.05) is 6.92 Å². The first-order chi connectivity index (χ1) is 4.16. The van der Waals surface area contributed by atoms with Gasteiger partial charge in [0.1, 0.15) is 0 Å². The van der Waals surface area contributed by atoms with Gasteiger partial charge < -0.3 is 0 Å². The Kier molecular flexibility index (Phi) is 3.93. The van der Waals surface area contributed by atoms with E-state index in [9.17, 15) is 8.78 Å². The first-order valence-electron chi connectivity index (χ1n) is 2.85. The molecule has 0 bridgehead atoms. The van der Waals surface area contributed by atoms with Crippen LogP contribution in [0, 0.1) is 0 Å². The van der Waals surface area contributed by atoms with Crippen LogP contribution in [0.5, 0.6) is 0 Å². The van der Waals surface area contributed by atoms with Crippen molar-refractivity contribution in [2.75, 3.05) is 0 Å². The van der Waals surface area contributed by atoms with Gasteiger partial charge in [-0.05, 0) is 25.5 Å². The van der Waals surface area contributed by atoms with Crippen LogP contribution in [0.15, 0.2) is 23.8 Å². The van der Waals surface area contributed by atoms with Crippen LogP contribution < -0.4 is 0 Å². The van der Waals surface area contributed by atoms with E-state index >= 15 is 0 Å². The zero-order chi connectivity index (χ0) is 7.28. The first kappa shape index (κ1) is 8.34. The summed E-state index contributed by atoms with van der Waals surface area (Å²) in [5.41, 5.74) is 0. The molecule has 0 aromatic heterocycles. The fraction of sp³-hybridized carbons (Fsp3) is 0.429. The van der Waals surface area contributed by atoms with Crippen molar-refractivity contribution in [2.24, 2.45) is 0 Å². The molecule has 0 heterocycles. The van der Waals surface area contributed by atoms with Crippen LogP contribution in [-0.4, -0.2) is 0 Å². The van der Waals surface area contributed by atoms with Crippen LogP contribution >= 0.6 is 0 Å². The second-order valence-electron chi connectivity index (χ2n) is 1.72. The van der Waals surface area contributed by atoms with E-state index in [1.807, 2.05) is 0 Å². The summed E-state index contributed by atoms with van der Waals surface area (Å²) in [4.78, 5) is 0. The lowest BCUT2D eigenvalue weighted by molar-refractivity contribution is 0.601. The Morgan fingerprint density at radius 1 is 1.33 bits per heavy atom. The molecule has 0 aliphatic heterocycles. The van der Waals surface area contributed by atoms with Gasteiger partial charge in [-0.3, -0.25) is 0 Å². The predicted molar refractivity (Wildman–Crippen MR) is 34.3 cm³/mol. The molecule has 9 heavy (non-hydrogen) atoms. The number of hydrogen-bond donors (Lipinski definition) is 0. The summed E-state index contributed by atoms with van der Waals surface area (Å²) in [5, 5.41) is 0. The molecule has 0 aliphatic carbocycles. The highest BCUT2D eigenvalue weighted by Gasteiger charge is 1.84. The van der Waals surface area contributed by atoms with E-state index in [-0.39, 0.29) is 11.7 Å². The molecule has 0 radical (unpaired) electrons. The zero-order valence-electron chi connectivity index (χ0n) is 5.62. The molecule has 0 nitrogen and oxygen atoms in total. The SMILES string of the molecule is CCC(F)=CC=C(C)F. The van der Waals surface area contributed by atoms with E-state index in [1.165, 1.54) is 6.92 Å². The van der Waals surface area contributed by atoms with Crippen LogP contribution in [0.4, 0.5) is 8.78 Å². The van der Waals surface area contributed by atoms with Crippen LogP contribution in [0.3, 0.4) is 0 Å². The zero-order valence-corrected chi connectivity index (χ0v) is 5.62. The number of halogens is 2. The maximum Gasteiger partial charge on any atom is 0.0997 e. The van der Waals surface area contributed by atoms with Crippen molar-refractivity contribution in [1.82, 2.24) is 0 Å². The average molecular weight is 132 g/mol. The van der Waals surface area contributed by atoms with E-state index < -0.39 is 0 Å². The quantitative estimate of drug-likeness (QED) is 0.506. The minimum Gasteiger partial charge on any atom is -0.212 e. The van der Waals surface area contributed by atoms with Crippen molar-refractivity contribution in [3.8, 4) is 0 Å². The van der Waals surface area contributed by atoms with Gasteiger partial charge >= 0.3 is 0 Å². The van der Waals surface area contributed by atoms with Gasteiger partial charge in [-0.15, -0.1) is 0 Å². The summed E-state index contributed by atoms with van der Waals surface area (Å²) >= 11 is 0. The van der Waals surface area contributed by atoms with Crippen molar-refractivity contribution in [3.05, 3.63) is 23.8 Å². The summed E-state index contributed by atoms with van der Waals surface area (Å²) in [6, 6.07) is 0. The molecule has 0 aromatic rings. The Hall–Kier alpha value is -0.660. The van der Waals surface area contributed by atoms with Gasteiger partial charge in [0, 0.05) is 0 Å². The summed E-state index contributed by atoms with van der Waals surface area (Å²) < 4.78 is 24.0.